The van der Waals surface area contributed by atoms with E-state index in [0.717, 1.165) is 55.5 Å². The van der Waals surface area contributed by atoms with Crippen LogP contribution in [0.2, 0.25) is 0 Å². The number of carbonyl (C=O) groups is 1. The molecule has 26 heavy (non-hydrogen) atoms. The Balaban J connectivity index is 0.00000243. The third-order valence-electron chi connectivity index (χ3n) is 5.62. The number of hydrogen-bond acceptors (Lipinski definition) is 3. The van der Waals surface area contributed by atoms with Crippen molar-refractivity contribution in [3.8, 4) is 5.75 Å². The van der Waals surface area contributed by atoms with E-state index in [1.54, 1.807) is 7.11 Å². The van der Waals surface area contributed by atoms with Gasteiger partial charge in [-0.05, 0) is 88.5 Å². The van der Waals surface area contributed by atoms with Gasteiger partial charge in [0.1, 0.15) is 5.75 Å². The van der Waals surface area contributed by atoms with Crippen molar-refractivity contribution in [3.05, 3.63) is 47.1 Å². The van der Waals surface area contributed by atoms with Crippen LogP contribution in [0, 0.1) is 5.41 Å². The highest BCUT2D eigenvalue weighted by Crippen LogP contribution is 2.50. The number of methoxy groups -OCH3 is 1. The first-order valence-corrected chi connectivity index (χ1v) is 9.29. The molecule has 0 heterocycles. The Bertz CT molecular complexity index is 708. The molecule has 0 bridgehead atoms. The summed E-state index contributed by atoms with van der Waals surface area (Å²) in [5.41, 5.74) is 3.16. The Labute approximate surface area is 163 Å². The van der Waals surface area contributed by atoms with Gasteiger partial charge in [-0.25, -0.2) is 0 Å². The Hall–Kier alpha value is -1.58. The largest absolute Gasteiger partial charge is 0.497 e. The zero-order valence-corrected chi connectivity index (χ0v) is 16.9. The van der Waals surface area contributed by atoms with Crippen LogP contribution in [0.5, 0.6) is 5.75 Å². The molecule has 4 heteroatoms. The van der Waals surface area contributed by atoms with Crippen LogP contribution in [0.25, 0.3) is 6.08 Å². The smallest absolute Gasteiger partial charge is 0.169 e. The fourth-order valence-electron chi connectivity index (χ4n) is 4.18. The molecule has 0 spiro atoms. The van der Waals surface area contributed by atoms with Gasteiger partial charge >= 0.3 is 0 Å². The molecule has 2 aliphatic carbocycles. The number of halogens is 1. The monoisotopic (exact) mass is 375 g/mol. The van der Waals surface area contributed by atoms with Crippen LogP contribution < -0.4 is 4.74 Å². The predicted molar refractivity (Wildman–Crippen MR) is 110 cm³/mol. The maximum absolute atomic E-state index is 13.4. The third kappa shape index (κ3) is 4.21. The maximum atomic E-state index is 13.4. The standard InChI is InChI=1S/C22H29NO2.ClH/c1-23(2)14-13-22(19-8-4-5-9-19)12-11-18(21(22)24)15-17-7-6-10-20(16-17)25-3;/h6-8,10,15-16H,4-5,9,11-14H2,1-3H3;1H/b18-15+;. The first-order valence-electron chi connectivity index (χ1n) is 9.29. The lowest BCUT2D eigenvalue weighted by atomic mass is 9.74. The van der Waals surface area contributed by atoms with E-state index >= 15 is 0 Å². The molecular weight excluding hydrogens is 346 g/mol. The summed E-state index contributed by atoms with van der Waals surface area (Å²) in [6, 6.07) is 7.94. The SMILES string of the molecule is COc1cccc(/C=C2\CCC(CCN(C)C)(C3=CCCC3)C2=O)c1.Cl. The molecule has 0 aromatic heterocycles. The van der Waals surface area contributed by atoms with E-state index in [1.165, 1.54) is 12.0 Å². The number of hydrogen-bond donors (Lipinski definition) is 0. The van der Waals surface area contributed by atoms with E-state index in [-0.39, 0.29) is 17.8 Å². The number of nitrogens with zero attached hydrogens (tertiary/aromatic N) is 1. The van der Waals surface area contributed by atoms with Gasteiger partial charge in [0.25, 0.3) is 0 Å². The normalized spacial score (nSPS) is 24.1. The van der Waals surface area contributed by atoms with Gasteiger partial charge in [-0.2, -0.15) is 0 Å². The number of ketones is 1. The third-order valence-corrected chi connectivity index (χ3v) is 5.62. The second kappa shape index (κ2) is 8.88. The lowest BCUT2D eigenvalue weighted by Gasteiger charge is -2.30. The highest BCUT2D eigenvalue weighted by atomic mass is 35.5. The number of carbonyl (C=O) groups excluding carboxylic acids is 1. The molecule has 1 saturated carbocycles. The number of Topliss-reactive ketones (excluding diaryl/α,β-unsaturated/α-hetero) is 1. The van der Waals surface area contributed by atoms with Crippen LogP contribution in [0.4, 0.5) is 0 Å². The van der Waals surface area contributed by atoms with E-state index in [0.29, 0.717) is 5.78 Å². The van der Waals surface area contributed by atoms with Crippen LogP contribution in [0.1, 0.15) is 44.1 Å². The van der Waals surface area contributed by atoms with E-state index in [2.05, 4.69) is 31.1 Å². The van der Waals surface area contributed by atoms with Crippen LogP contribution >= 0.6 is 12.4 Å². The fraction of sp³-hybridized carbons (Fsp3) is 0.500. The molecule has 2 aliphatic rings. The van der Waals surface area contributed by atoms with Crippen LogP contribution in [0.15, 0.2) is 41.5 Å². The molecule has 0 aliphatic heterocycles. The van der Waals surface area contributed by atoms with E-state index < -0.39 is 0 Å². The maximum Gasteiger partial charge on any atom is 0.169 e. The van der Waals surface area contributed by atoms with E-state index in [9.17, 15) is 4.79 Å². The summed E-state index contributed by atoms with van der Waals surface area (Å²) in [5.74, 6) is 1.18. The summed E-state index contributed by atoms with van der Waals surface area (Å²) in [6.07, 6.45) is 10.6. The molecule has 3 rings (SSSR count). The molecule has 1 unspecified atom stereocenters. The van der Waals surface area contributed by atoms with Gasteiger partial charge in [0, 0.05) is 0 Å². The molecule has 142 valence electrons. The van der Waals surface area contributed by atoms with Crippen molar-refractivity contribution in [2.24, 2.45) is 5.41 Å². The van der Waals surface area contributed by atoms with Crippen molar-refractivity contribution in [2.75, 3.05) is 27.7 Å². The van der Waals surface area contributed by atoms with Crippen molar-refractivity contribution in [3.63, 3.8) is 0 Å². The molecule has 0 radical (unpaired) electrons. The summed E-state index contributed by atoms with van der Waals surface area (Å²) in [7, 11) is 5.85. The minimum Gasteiger partial charge on any atom is -0.497 e. The second-order valence-corrected chi connectivity index (χ2v) is 7.53. The minimum absolute atomic E-state index is 0. The zero-order valence-electron chi connectivity index (χ0n) is 16.1. The second-order valence-electron chi connectivity index (χ2n) is 7.53. The van der Waals surface area contributed by atoms with Crippen molar-refractivity contribution in [2.45, 2.75) is 38.5 Å². The summed E-state index contributed by atoms with van der Waals surface area (Å²) < 4.78 is 5.30. The van der Waals surface area contributed by atoms with Gasteiger partial charge in [0.05, 0.1) is 12.5 Å². The van der Waals surface area contributed by atoms with Crippen molar-refractivity contribution < 1.29 is 9.53 Å². The van der Waals surface area contributed by atoms with Crippen LogP contribution in [-0.4, -0.2) is 38.4 Å². The average molecular weight is 376 g/mol. The molecule has 1 aromatic carbocycles. The van der Waals surface area contributed by atoms with E-state index in [1.807, 2.05) is 24.3 Å². The Morgan fingerprint density at radius 1 is 1.27 bits per heavy atom. The lowest BCUT2D eigenvalue weighted by Crippen LogP contribution is -2.32. The van der Waals surface area contributed by atoms with Gasteiger partial charge < -0.3 is 9.64 Å². The van der Waals surface area contributed by atoms with Gasteiger partial charge in [0.15, 0.2) is 5.78 Å². The number of allylic oxidation sites excluding steroid dienone is 3. The van der Waals surface area contributed by atoms with Crippen molar-refractivity contribution in [1.82, 2.24) is 4.90 Å². The first-order chi connectivity index (χ1) is 12.0. The summed E-state index contributed by atoms with van der Waals surface area (Å²) >= 11 is 0. The Kier molecular flexibility index (Phi) is 7.08. The molecule has 1 aromatic rings. The number of benzene rings is 1. The molecular formula is C22H30ClNO2. The molecule has 3 nitrogen and oxygen atoms in total. The highest BCUT2D eigenvalue weighted by Gasteiger charge is 2.47. The van der Waals surface area contributed by atoms with Gasteiger partial charge in [0.2, 0.25) is 0 Å². The molecule has 0 saturated heterocycles. The molecule has 0 amide bonds. The van der Waals surface area contributed by atoms with Crippen molar-refractivity contribution in [1.29, 1.82) is 0 Å². The van der Waals surface area contributed by atoms with Crippen LogP contribution in [0.3, 0.4) is 0 Å². The van der Waals surface area contributed by atoms with Gasteiger partial charge in [-0.15, -0.1) is 12.4 Å². The predicted octanol–water partition coefficient (Wildman–Crippen LogP) is 4.91. The molecule has 1 atom stereocenters. The number of ether oxygens (including phenoxy) is 1. The fourth-order valence-corrected chi connectivity index (χ4v) is 4.18. The van der Waals surface area contributed by atoms with Crippen molar-refractivity contribution >= 4 is 24.3 Å². The number of rotatable bonds is 6. The lowest BCUT2D eigenvalue weighted by molar-refractivity contribution is -0.121. The summed E-state index contributed by atoms with van der Waals surface area (Å²) in [6.45, 7) is 0.954. The van der Waals surface area contributed by atoms with Crippen LogP contribution in [-0.2, 0) is 4.79 Å². The summed E-state index contributed by atoms with van der Waals surface area (Å²) in [5, 5.41) is 0. The molecule has 1 fully saturated rings. The van der Waals surface area contributed by atoms with E-state index in [4.69, 9.17) is 4.74 Å². The minimum atomic E-state index is -0.258. The Morgan fingerprint density at radius 3 is 2.73 bits per heavy atom. The zero-order chi connectivity index (χ0) is 17.9. The van der Waals surface area contributed by atoms with Gasteiger partial charge in [-0.3, -0.25) is 4.79 Å². The summed E-state index contributed by atoms with van der Waals surface area (Å²) in [4.78, 5) is 15.6. The highest BCUT2D eigenvalue weighted by molar-refractivity contribution is 6.07. The first kappa shape index (κ1) is 20.7. The average Bonchev–Trinajstić information content (AvgIpc) is 3.24. The quantitative estimate of drug-likeness (QED) is 0.522. The Morgan fingerprint density at radius 2 is 2.08 bits per heavy atom. The molecule has 0 N–H and O–H groups in total. The topological polar surface area (TPSA) is 29.5 Å². The van der Waals surface area contributed by atoms with Gasteiger partial charge in [-0.1, -0.05) is 23.8 Å².